The third kappa shape index (κ3) is 2.52. The number of carbonyl (C=O) groups excluding carboxylic acids is 1. The average Bonchev–Trinajstić information content (AvgIpc) is 2.87. The molecule has 0 saturated carbocycles. The fourth-order valence-corrected chi connectivity index (χ4v) is 2.43. The molecular formula is C17H16O3. The van der Waals surface area contributed by atoms with Crippen LogP contribution in [0.5, 0.6) is 11.5 Å². The van der Waals surface area contributed by atoms with E-state index in [1.807, 2.05) is 24.3 Å². The van der Waals surface area contributed by atoms with Crippen molar-refractivity contribution >= 4 is 6.29 Å². The number of aryl methyl sites for hydroxylation is 1. The van der Waals surface area contributed by atoms with Crippen LogP contribution < -0.4 is 9.47 Å². The Balaban J connectivity index is 1.65. The van der Waals surface area contributed by atoms with Crippen LogP contribution in [0.15, 0.2) is 42.5 Å². The van der Waals surface area contributed by atoms with E-state index in [4.69, 9.17) is 9.47 Å². The quantitative estimate of drug-likeness (QED) is 0.799. The molecular weight excluding hydrogens is 252 g/mol. The van der Waals surface area contributed by atoms with Crippen LogP contribution >= 0.6 is 0 Å². The predicted molar refractivity (Wildman–Crippen MR) is 76.6 cm³/mol. The van der Waals surface area contributed by atoms with E-state index in [9.17, 15) is 4.79 Å². The number of hydrogen-bond acceptors (Lipinski definition) is 3. The first-order valence-electron chi connectivity index (χ1n) is 6.69. The van der Waals surface area contributed by atoms with Gasteiger partial charge in [-0.15, -0.1) is 0 Å². The molecule has 3 heteroatoms. The van der Waals surface area contributed by atoms with Crippen molar-refractivity contribution in [3.8, 4) is 11.5 Å². The summed E-state index contributed by atoms with van der Waals surface area (Å²) in [4.78, 5) is 10.9. The molecule has 0 saturated heterocycles. The number of benzene rings is 2. The van der Waals surface area contributed by atoms with Gasteiger partial charge in [0.1, 0.15) is 24.2 Å². The Hall–Kier alpha value is -2.29. The van der Waals surface area contributed by atoms with E-state index >= 15 is 0 Å². The Kier molecular flexibility index (Phi) is 3.42. The molecule has 20 heavy (non-hydrogen) atoms. The van der Waals surface area contributed by atoms with Crippen LogP contribution in [0.3, 0.4) is 0 Å². The van der Waals surface area contributed by atoms with Crippen LogP contribution in [-0.2, 0) is 6.42 Å². The molecule has 0 aliphatic carbocycles. The molecule has 0 amide bonds. The van der Waals surface area contributed by atoms with Gasteiger partial charge in [0.05, 0.1) is 5.56 Å². The molecule has 1 unspecified atom stereocenters. The summed E-state index contributed by atoms with van der Waals surface area (Å²) in [6, 6.07) is 13.4. The van der Waals surface area contributed by atoms with Crippen LogP contribution in [-0.4, -0.2) is 19.0 Å². The number of carbonyl (C=O) groups is 1. The Morgan fingerprint density at radius 2 is 2.15 bits per heavy atom. The van der Waals surface area contributed by atoms with Crippen molar-refractivity contribution in [1.29, 1.82) is 0 Å². The summed E-state index contributed by atoms with van der Waals surface area (Å²) in [5, 5.41) is 0. The summed E-state index contributed by atoms with van der Waals surface area (Å²) in [7, 11) is 0. The second-order valence-corrected chi connectivity index (χ2v) is 5.02. The van der Waals surface area contributed by atoms with E-state index in [0.29, 0.717) is 17.9 Å². The molecule has 0 N–H and O–H groups in total. The Labute approximate surface area is 118 Å². The van der Waals surface area contributed by atoms with Gasteiger partial charge in [-0.25, -0.2) is 0 Å². The molecule has 3 rings (SSSR count). The van der Waals surface area contributed by atoms with Gasteiger partial charge in [0.25, 0.3) is 0 Å². The molecule has 0 bridgehead atoms. The molecule has 0 radical (unpaired) electrons. The topological polar surface area (TPSA) is 35.5 Å². The van der Waals surface area contributed by atoms with Crippen molar-refractivity contribution in [2.24, 2.45) is 0 Å². The highest BCUT2D eigenvalue weighted by molar-refractivity contribution is 5.79. The van der Waals surface area contributed by atoms with Crippen molar-refractivity contribution in [2.75, 3.05) is 6.61 Å². The average molecular weight is 268 g/mol. The maximum atomic E-state index is 10.9. The second kappa shape index (κ2) is 5.37. The van der Waals surface area contributed by atoms with Gasteiger partial charge in [0.2, 0.25) is 0 Å². The summed E-state index contributed by atoms with van der Waals surface area (Å²) in [5.41, 5.74) is 3.03. The molecule has 2 aromatic carbocycles. The molecule has 0 fully saturated rings. The van der Waals surface area contributed by atoms with Gasteiger partial charge in [-0.2, -0.15) is 0 Å². The summed E-state index contributed by atoms with van der Waals surface area (Å²) in [6.45, 7) is 2.52. The zero-order chi connectivity index (χ0) is 13.9. The highest BCUT2D eigenvalue weighted by Crippen LogP contribution is 2.30. The van der Waals surface area contributed by atoms with Crippen LogP contribution in [0.25, 0.3) is 0 Å². The predicted octanol–water partition coefficient (Wildman–Crippen LogP) is 3.19. The Morgan fingerprint density at radius 3 is 3.00 bits per heavy atom. The highest BCUT2D eigenvalue weighted by atomic mass is 16.5. The molecule has 0 aromatic heterocycles. The van der Waals surface area contributed by atoms with Crippen molar-refractivity contribution in [3.05, 3.63) is 59.2 Å². The molecule has 0 spiro atoms. The summed E-state index contributed by atoms with van der Waals surface area (Å²) >= 11 is 0. The lowest BCUT2D eigenvalue weighted by Gasteiger charge is -2.13. The van der Waals surface area contributed by atoms with E-state index in [-0.39, 0.29) is 6.10 Å². The maximum absolute atomic E-state index is 10.9. The van der Waals surface area contributed by atoms with Gasteiger partial charge >= 0.3 is 0 Å². The molecule has 3 nitrogen and oxygen atoms in total. The number of fused-ring (bicyclic) bond motifs is 1. The van der Waals surface area contributed by atoms with Gasteiger partial charge in [-0.05, 0) is 30.7 Å². The summed E-state index contributed by atoms with van der Waals surface area (Å²) in [5.74, 6) is 1.55. The Morgan fingerprint density at radius 1 is 1.30 bits per heavy atom. The third-order valence-corrected chi connectivity index (χ3v) is 3.43. The van der Waals surface area contributed by atoms with E-state index in [2.05, 4.69) is 13.0 Å². The monoisotopic (exact) mass is 268 g/mol. The zero-order valence-electron chi connectivity index (χ0n) is 11.3. The summed E-state index contributed by atoms with van der Waals surface area (Å²) < 4.78 is 11.6. The lowest BCUT2D eigenvalue weighted by Crippen LogP contribution is -2.22. The van der Waals surface area contributed by atoms with Gasteiger partial charge in [0.15, 0.2) is 6.29 Å². The maximum Gasteiger partial charge on any atom is 0.153 e. The smallest absolute Gasteiger partial charge is 0.153 e. The molecule has 1 aliphatic rings. The minimum Gasteiger partial charge on any atom is -0.489 e. The molecule has 102 valence electrons. The fraction of sp³-hybridized carbons (Fsp3) is 0.235. The third-order valence-electron chi connectivity index (χ3n) is 3.43. The largest absolute Gasteiger partial charge is 0.489 e. The normalized spacial score (nSPS) is 16.4. The lowest BCUT2D eigenvalue weighted by atomic mass is 10.1. The van der Waals surface area contributed by atoms with Gasteiger partial charge in [0, 0.05) is 6.42 Å². The van der Waals surface area contributed by atoms with Crippen molar-refractivity contribution in [1.82, 2.24) is 0 Å². The first-order valence-corrected chi connectivity index (χ1v) is 6.69. The van der Waals surface area contributed by atoms with E-state index in [1.54, 1.807) is 12.1 Å². The Bertz CT molecular complexity index is 634. The minimum atomic E-state index is 0.00603. The van der Waals surface area contributed by atoms with Crippen LogP contribution in [0.1, 0.15) is 21.5 Å². The van der Waals surface area contributed by atoms with E-state index in [1.165, 1.54) is 11.1 Å². The van der Waals surface area contributed by atoms with Crippen LogP contribution in [0.2, 0.25) is 0 Å². The number of hydrogen-bond donors (Lipinski definition) is 0. The minimum absolute atomic E-state index is 0.00603. The number of para-hydroxylation sites is 1. The first-order chi connectivity index (χ1) is 9.76. The standard InChI is InChI=1S/C17H16O3/c1-12-6-7-17-14(8-12)9-15(20-17)11-19-16-5-3-2-4-13(16)10-18/h2-8,10,15H,9,11H2,1H3. The van der Waals surface area contributed by atoms with Gasteiger partial charge in [-0.1, -0.05) is 29.8 Å². The molecule has 1 atom stereocenters. The number of rotatable bonds is 4. The van der Waals surface area contributed by atoms with Gasteiger partial charge in [-0.3, -0.25) is 4.79 Å². The molecule has 2 aromatic rings. The first kappa shape index (κ1) is 12.7. The molecule has 1 heterocycles. The fourth-order valence-electron chi connectivity index (χ4n) is 2.43. The van der Waals surface area contributed by atoms with Crippen LogP contribution in [0.4, 0.5) is 0 Å². The summed E-state index contributed by atoms with van der Waals surface area (Å²) in [6.07, 6.45) is 1.66. The SMILES string of the molecule is Cc1ccc2c(c1)CC(COc1ccccc1C=O)O2. The van der Waals surface area contributed by atoms with Crippen molar-refractivity contribution in [2.45, 2.75) is 19.4 Å². The molecule has 1 aliphatic heterocycles. The number of ether oxygens (including phenoxy) is 2. The second-order valence-electron chi connectivity index (χ2n) is 5.02. The highest BCUT2D eigenvalue weighted by Gasteiger charge is 2.23. The van der Waals surface area contributed by atoms with E-state index < -0.39 is 0 Å². The van der Waals surface area contributed by atoms with Crippen molar-refractivity contribution in [3.63, 3.8) is 0 Å². The van der Waals surface area contributed by atoms with Crippen molar-refractivity contribution < 1.29 is 14.3 Å². The zero-order valence-corrected chi connectivity index (χ0v) is 11.3. The lowest BCUT2D eigenvalue weighted by molar-refractivity contribution is 0.111. The number of aldehydes is 1. The van der Waals surface area contributed by atoms with Crippen LogP contribution in [0, 0.1) is 6.92 Å². The van der Waals surface area contributed by atoms with E-state index in [0.717, 1.165) is 18.5 Å². The van der Waals surface area contributed by atoms with Gasteiger partial charge < -0.3 is 9.47 Å².